The molecular weight excluding hydrogens is 192 g/mol. The molecule has 1 aromatic carbocycles. The van der Waals surface area contributed by atoms with Crippen molar-refractivity contribution in [2.45, 2.75) is 25.9 Å². The van der Waals surface area contributed by atoms with Gasteiger partial charge in [0.2, 0.25) is 0 Å². The Balaban J connectivity index is 2.61. The fraction of sp³-hybridized carbons (Fsp3) is 0.417. The lowest BCUT2D eigenvalue weighted by atomic mass is 10.1. The first-order valence-corrected chi connectivity index (χ1v) is 5.13. The van der Waals surface area contributed by atoms with Crippen molar-refractivity contribution < 1.29 is 14.6 Å². The summed E-state index contributed by atoms with van der Waals surface area (Å²) in [6.45, 7) is 1.73. The molecule has 0 aromatic heterocycles. The number of carbonyl (C=O) groups excluding carboxylic acids is 1. The van der Waals surface area contributed by atoms with Crippen molar-refractivity contribution in [3.63, 3.8) is 0 Å². The van der Waals surface area contributed by atoms with E-state index in [9.17, 15) is 4.79 Å². The Kier molecular flexibility index (Phi) is 4.84. The van der Waals surface area contributed by atoms with Gasteiger partial charge in [0.1, 0.15) is 6.10 Å². The van der Waals surface area contributed by atoms with E-state index in [1.165, 1.54) is 0 Å². The minimum atomic E-state index is -0.537. The average Bonchev–Trinajstić information content (AvgIpc) is 2.27. The number of esters is 1. The predicted octanol–water partition coefficient (Wildman–Crippen LogP) is 2.06. The maximum absolute atomic E-state index is 11.3. The van der Waals surface area contributed by atoms with Gasteiger partial charge in [-0.25, -0.2) is 0 Å². The Hall–Kier alpha value is -1.35. The number of benzene rings is 1. The van der Waals surface area contributed by atoms with Gasteiger partial charge in [-0.2, -0.15) is 0 Å². The molecule has 0 radical (unpaired) electrons. The van der Waals surface area contributed by atoms with Gasteiger partial charge in [-0.05, 0) is 12.0 Å². The highest BCUT2D eigenvalue weighted by Crippen LogP contribution is 2.17. The molecule has 1 rings (SSSR count). The molecule has 3 heteroatoms. The lowest BCUT2D eigenvalue weighted by Crippen LogP contribution is -2.14. The standard InChI is InChI=1S/C12H16O3/c1-2-6-12(14)15-11(9-13)10-7-4-3-5-8-10/h3-5,7-8,11,13H,2,6,9H2,1H3/t11-/m1/s1. The number of ether oxygens (including phenoxy) is 1. The number of rotatable bonds is 5. The summed E-state index contributed by atoms with van der Waals surface area (Å²) in [5, 5.41) is 9.12. The highest BCUT2D eigenvalue weighted by molar-refractivity contribution is 5.69. The van der Waals surface area contributed by atoms with E-state index in [2.05, 4.69) is 0 Å². The first-order valence-electron chi connectivity index (χ1n) is 5.13. The molecule has 0 saturated heterocycles. The van der Waals surface area contributed by atoms with Gasteiger partial charge in [-0.1, -0.05) is 37.3 Å². The molecule has 0 saturated carbocycles. The SMILES string of the molecule is CCCC(=O)O[C@H](CO)c1ccccc1. The minimum Gasteiger partial charge on any atom is -0.455 e. The van der Waals surface area contributed by atoms with E-state index >= 15 is 0 Å². The van der Waals surface area contributed by atoms with Crippen molar-refractivity contribution in [2.75, 3.05) is 6.61 Å². The van der Waals surface area contributed by atoms with Gasteiger partial charge in [0.25, 0.3) is 0 Å². The third kappa shape index (κ3) is 3.72. The molecule has 0 aliphatic heterocycles. The maximum atomic E-state index is 11.3. The van der Waals surface area contributed by atoms with Crippen LogP contribution in [0.25, 0.3) is 0 Å². The van der Waals surface area contributed by atoms with Crippen LogP contribution in [-0.2, 0) is 9.53 Å². The van der Waals surface area contributed by atoms with Gasteiger partial charge in [-0.3, -0.25) is 4.79 Å². The van der Waals surface area contributed by atoms with E-state index < -0.39 is 6.10 Å². The third-order valence-electron chi connectivity index (χ3n) is 2.07. The topological polar surface area (TPSA) is 46.5 Å². The van der Waals surface area contributed by atoms with E-state index in [-0.39, 0.29) is 12.6 Å². The summed E-state index contributed by atoms with van der Waals surface area (Å²) >= 11 is 0. The monoisotopic (exact) mass is 208 g/mol. The molecule has 15 heavy (non-hydrogen) atoms. The van der Waals surface area contributed by atoms with Crippen LogP contribution in [0, 0.1) is 0 Å². The number of carbonyl (C=O) groups is 1. The van der Waals surface area contributed by atoms with Gasteiger partial charge in [0.05, 0.1) is 6.61 Å². The van der Waals surface area contributed by atoms with Crippen LogP contribution >= 0.6 is 0 Å². The molecule has 1 aromatic rings. The van der Waals surface area contributed by atoms with Gasteiger partial charge in [0, 0.05) is 6.42 Å². The van der Waals surface area contributed by atoms with E-state index in [4.69, 9.17) is 9.84 Å². The van der Waals surface area contributed by atoms with Crippen LogP contribution < -0.4 is 0 Å². The van der Waals surface area contributed by atoms with Crippen LogP contribution in [0.15, 0.2) is 30.3 Å². The summed E-state index contributed by atoms with van der Waals surface area (Å²) in [5.74, 6) is -0.264. The Bertz CT molecular complexity index is 295. The quantitative estimate of drug-likeness (QED) is 0.753. The molecule has 0 aliphatic carbocycles. The number of aliphatic hydroxyl groups excluding tert-OH is 1. The first kappa shape index (κ1) is 11.7. The van der Waals surface area contributed by atoms with E-state index in [0.29, 0.717) is 6.42 Å². The van der Waals surface area contributed by atoms with E-state index in [1.54, 1.807) is 0 Å². The molecule has 0 spiro atoms. The van der Waals surface area contributed by atoms with Crippen molar-refractivity contribution in [3.05, 3.63) is 35.9 Å². The summed E-state index contributed by atoms with van der Waals surface area (Å²) < 4.78 is 5.14. The Morgan fingerprint density at radius 3 is 2.60 bits per heavy atom. The summed E-state index contributed by atoms with van der Waals surface area (Å²) in [6.07, 6.45) is 0.611. The molecule has 0 amide bonds. The Labute approximate surface area is 89.7 Å². The molecule has 0 unspecified atom stereocenters. The fourth-order valence-electron chi connectivity index (χ4n) is 1.30. The molecule has 3 nitrogen and oxygen atoms in total. The molecule has 1 atom stereocenters. The van der Waals surface area contributed by atoms with Crippen molar-refractivity contribution in [2.24, 2.45) is 0 Å². The van der Waals surface area contributed by atoms with Crippen LogP contribution in [0.3, 0.4) is 0 Å². The smallest absolute Gasteiger partial charge is 0.306 e. The zero-order valence-electron chi connectivity index (χ0n) is 8.85. The normalized spacial score (nSPS) is 12.1. The zero-order chi connectivity index (χ0) is 11.1. The average molecular weight is 208 g/mol. The van der Waals surface area contributed by atoms with E-state index in [0.717, 1.165) is 12.0 Å². The number of hydrogen-bond donors (Lipinski definition) is 1. The van der Waals surface area contributed by atoms with Crippen molar-refractivity contribution in [3.8, 4) is 0 Å². The summed E-state index contributed by atoms with van der Waals surface area (Å²) in [6, 6.07) is 9.25. The Morgan fingerprint density at radius 1 is 1.40 bits per heavy atom. The zero-order valence-corrected chi connectivity index (χ0v) is 8.85. The van der Waals surface area contributed by atoms with Crippen LogP contribution in [0.5, 0.6) is 0 Å². The largest absolute Gasteiger partial charge is 0.455 e. The van der Waals surface area contributed by atoms with Crippen LogP contribution in [0.1, 0.15) is 31.4 Å². The van der Waals surface area contributed by atoms with Crippen molar-refractivity contribution in [1.29, 1.82) is 0 Å². The lowest BCUT2D eigenvalue weighted by molar-refractivity contribution is -0.151. The molecule has 1 N–H and O–H groups in total. The highest BCUT2D eigenvalue weighted by Gasteiger charge is 2.14. The minimum absolute atomic E-state index is 0.181. The number of aliphatic hydroxyl groups is 1. The van der Waals surface area contributed by atoms with Crippen molar-refractivity contribution >= 4 is 5.97 Å². The van der Waals surface area contributed by atoms with Crippen LogP contribution in [-0.4, -0.2) is 17.7 Å². The van der Waals surface area contributed by atoms with E-state index in [1.807, 2.05) is 37.3 Å². The Morgan fingerprint density at radius 2 is 2.07 bits per heavy atom. The van der Waals surface area contributed by atoms with Crippen molar-refractivity contribution in [1.82, 2.24) is 0 Å². The maximum Gasteiger partial charge on any atom is 0.306 e. The fourth-order valence-corrected chi connectivity index (χ4v) is 1.30. The van der Waals surface area contributed by atoms with Gasteiger partial charge in [-0.15, -0.1) is 0 Å². The third-order valence-corrected chi connectivity index (χ3v) is 2.07. The van der Waals surface area contributed by atoms with Crippen LogP contribution in [0.2, 0.25) is 0 Å². The number of hydrogen-bond acceptors (Lipinski definition) is 3. The summed E-state index contributed by atoms with van der Waals surface area (Å²) in [7, 11) is 0. The highest BCUT2D eigenvalue weighted by atomic mass is 16.6. The summed E-state index contributed by atoms with van der Waals surface area (Å²) in [4.78, 5) is 11.3. The molecule has 0 fully saturated rings. The molecule has 0 aliphatic rings. The van der Waals surface area contributed by atoms with Gasteiger partial charge in [0.15, 0.2) is 0 Å². The molecule has 82 valence electrons. The van der Waals surface area contributed by atoms with Crippen LogP contribution in [0.4, 0.5) is 0 Å². The molecular formula is C12H16O3. The van der Waals surface area contributed by atoms with Gasteiger partial charge < -0.3 is 9.84 Å². The first-order chi connectivity index (χ1) is 7.27. The second-order valence-electron chi connectivity index (χ2n) is 3.32. The summed E-state index contributed by atoms with van der Waals surface area (Å²) in [5.41, 5.74) is 0.824. The molecule has 0 heterocycles. The second-order valence-corrected chi connectivity index (χ2v) is 3.32. The predicted molar refractivity (Wildman–Crippen MR) is 57.3 cm³/mol. The second kappa shape index (κ2) is 6.19. The lowest BCUT2D eigenvalue weighted by Gasteiger charge is -2.15. The van der Waals surface area contributed by atoms with Gasteiger partial charge >= 0.3 is 5.97 Å². The molecule has 0 bridgehead atoms.